The van der Waals surface area contributed by atoms with Crippen LogP contribution in [0, 0.1) is 0 Å². The van der Waals surface area contributed by atoms with E-state index in [1.807, 2.05) is 26.0 Å². The maximum absolute atomic E-state index is 12.6. The summed E-state index contributed by atoms with van der Waals surface area (Å²) in [5.41, 5.74) is 2.52. The summed E-state index contributed by atoms with van der Waals surface area (Å²) in [6.07, 6.45) is 1.03. The minimum Gasteiger partial charge on any atom is -0.494 e. The SMILES string of the molecule is CCOc1cc2c(cc1CNC(=O)c1ccc(OC)c(OC)c1)O[C@@H](C)C2. The average molecular weight is 371 g/mol. The summed E-state index contributed by atoms with van der Waals surface area (Å²) in [5.74, 6) is 2.54. The zero-order valence-electron chi connectivity index (χ0n) is 16.1. The number of amides is 1. The molecule has 6 nitrogen and oxygen atoms in total. The second kappa shape index (κ2) is 8.20. The molecule has 1 atom stereocenters. The van der Waals surface area contributed by atoms with E-state index < -0.39 is 0 Å². The summed E-state index contributed by atoms with van der Waals surface area (Å²) >= 11 is 0. The van der Waals surface area contributed by atoms with Crippen LogP contribution in [-0.2, 0) is 13.0 Å². The maximum Gasteiger partial charge on any atom is 0.251 e. The second-order valence-electron chi connectivity index (χ2n) is 6.39. The molecule has 0 fully saturated rings. The summed E-state index contributed by atoms with van der Waals surface area (Å²) in [5, 5.41) is 2.93. The number of hydrogen-bond donors (Lipinski definition) is 1. The van der Waals surface area contributed by atoms with Crippen molar-refractivity contribution in [3.63, 3.8) is 0 Å². The molecule has 1 aliphatic heterocycles. The molecule has 2 aromatic rings. The van der Waals surface area contributed by atoms with Gasteiger partial charge in [-0.3, -0.25) is 4.79 Å². The molecule has 6 heteroatoms. The highest BCUT2D eigenvalue weighted by molar-refractivity contribution is 5.94. The highest BCUT2D eigenvalue weighted by atomic mass is 16.5. The van der Waals surface area contributed by atoms with Gasteiger partial charge in [0.15, 0.2) is 11.5 Å². The Morgan fingerprint density at radius 1 is 1.15 bits per heavy atom. The Labute approximate surface area is 159 Å². The van der Waals surface area contributed by atoms with Crippen molar-refractivity contribution in [1.82, 2.24) is 5.32 Å². The maximum atomic E-state index is 12.6. The van der Waals surface area contributed by atoms with Crippen molar-refractivity contribution >= 4 is 5.91 Å². The zero-order chi connectivity index (χ0) is 19.4. The van der Waals surface area contributed by atoms with Crippen LogP contribution in [-0.4, -0.2) is 32.8 Å². The molecule has 0 saturated heterocycles. The van der Waals surface area contributed by atoms with Gasteiger partial charge in [-0.15, -0.1) is 0 Å². The van der Waals surface area contributed by atoms with Crippen LogP contribution in [0.4, 0.5) is 0 Å². The van der Waals surface area contributed by atoms with Crippen molar-refractivity contribution in [2.75, 3.05) is 20.8 Å². The van der Waals surface area contributed by atoms with E-state index in [0.29, 0.717) is 30.2 Å². The predicted octanol–water partition coefficient (Wildman–Crippen LogP) is 3.36. The molecular formula is C21H25NO5. The van der Waals surface area contributed by atoms with Gasteiger partial charge in [0.1, 0.15) is 17.6 Å². The van der Waals surface area contributed by atoms with E-state index in [1.54, 1.807) is 32.4 Å². The first kappa shape index (κ1) is 18.9. The van der Waals surface area contributed by atoms with Crippen LogP contribution in [0.1, 0.15) is 35.3 Å². The Morgan fingerprint density at radius 3 is 2.63 bits per heavy atom. The van der Waals surface area contributed by atoms with Gasteiger partial charge >= 0.3 is 0 Å². The fraction of sp³-hybridized carbons (Fsp3) is 0.381. The normalized spacial score (nSPS) is 14.9. The minimum atomic E-state index is -0.201. The molecule has 0 aromatic heterocycles. The monoisotopic (exact) mass is 371 g/mol. The number of hydrogen-bond acceptors (Lipinski definition) is 5. The highest BCUT2D eigenvalue weighted by Gasteiger charge is 2.22. The van der Waals surface area contributed by atoms with E-state index in [1.165, 1.54) is 0 Å². The lowest BCUT2D eigenvalue weighted by molar-refractivity contribution is 0.0950. The number of carbonyl (C=O) groups is 1. The molecule has 144 valence electrons. The molecule has 3 rings (SSSR count). The van der Waals surface area contributed by atoms with Crippen molar-refractivity contribution in [2.45, 2.75) is 32.9 Å². The molecule has 0 bridgehead atoms. The molecule has 0 saturated carbocycles. The first-order valence-electron chi connectivity index (χ1n) is 9.01. The Hall–Kier alpha value is -2.89. The fourth-order valence-corrected chi connectivity index (χ4v) is 3.16. The fourth-order valence-electron chi connectivity index (χ4n) is 3.16. The predicted molar refractivity (Wildman–Crippen MR) is 102 cm³/mol. The van der Waals surface area contributed by atoms with Gasteiger partial charge in [0.2, 0.25) is 0 Å². The number of methoxy groups -OCH3 is 2. The van der Waals surface area contributed by atoms with Crippen LogP contribution in [0.3, 0.4) is 0 Å². The molecule has 1 aliphatic rings. The number of ether oxygens (including phenoxy) is 4. The van der Waals surface area contributed by atoms with Crippen LogP contribution >= 0.6 is 0 Å². The number of carbonyl (C=O) groups excluding carboxylic acids is 1. The number of benzene rings is 2. The molecule has 27 heavy (non-hydrogen) atoms. The number of fused-ring (bicyclic) bond motifs is 1. The van der Waals surface area contributed by atoms with Gasteiger partial charge in [0.25, 0.3) is 5.91 Å². The van der Waals surface area contributed by atoms with Crippen LogP contribution in [0.2, 0.25) is 0 Å². The smallest absolute Gasteiger partial charge is 0.251 e. The number of rotatable bonds is 7. The second-order valence-corrected chi connectivity index (χ2v) is 6.39. The first-order chi connectivity index (χ1) is 13.0. The molecule has 0 unspecified atom stereocenters. The van der Waals surface area contributed by atoms with Gasteiger partial charge in [0.05, 0.1) is 20.8 Å². The first-order valence-corrected chi connectivity index (χ1v) is 9.01. The Kier molecular flexibility index (Phi) is 5.74. The van der Waals surface area contributed by atoms with Gasteiger partial charge in [-0.1, -0.05) is 0 Å². The lowest BCUT2D eigenvalue weighted by Crippen LogP contribution is -2.23. The molecule has 1 N–H and O–H groups in total. The van der Waals surface area contributed by atoms with Gasteiger partial charge in [-0.25, -0.2) is 0 Å². The van der Waals surface area contributed by atoms with Gasteiger partial charge in [-0.2, -0.15) is 0 Å². The standard InChI is InChI=1S/C21H25NO5/c1-5-26-18-10-15-8-13(2)27-19(15)11-16(18)12-22-21(23)14-6-7-17(24-3)20(9-14)25-4/h6-7,9-11,13H,5,8,12H2,1-4H3,(H,22,23)/t13-/m0/s1. The van der Waals surface area contributed by atoms with Crippen LogP contribution in [0.5, 0.6) is 23.0 Å². The van der Waals surface area contributed by atoms with Crippen molar-refractivity contribution in [1.29, 1.82) is 0 Å². The summed E-state index contributed by atoms with van der Waals surface area (Å²) in [6, 6.07) is 9.04. The van der Waals surface area contributed by atoms with Gasteiger partial charge < -0.3 is 24.3 Å². The minimum absolute atomic E-state index is 0.158. The van der Waals surface area contributed by atoms with E-state index >= 15 is 0 Å². The average Bonchev–Trinajstić information content (AvgIpc) is 3.04. The third-order valence-corrected chi connectivity index (χ3v) is 4.46. The lowest BCUT2D eigenvalue weighted by atomic mass is 10.1. The van der Waals surface area contributed by atoms with E-state index in [-0.39, 0.29) is 12.0 Å². The third kappa shape index (κ3) is 4.10. The summed E-state index contributed by atoms with van der Waals surface area (Å²) in [7, 11) is 3.10. The molecular weight excluding hydrogens is 346 g/mol. The van der Waals surface area contributed by atoms with E-state index in [2.05, 4.69) is 5.32 Å². The summed E-state index contributed by atoms with van der Waals surface area (Å²) in [4.78, 5) is 12.6. The molecule has 0 aliphatic carbocycles. The molecule has 1 heterocycles. The van der Waals surface area contributed by atoms with Crippen molar-refractivity contribution in [3.8, 4) is 23.0 Å². The Balaban J connectivity index is 1.76. The van der Waals surface area contributed by atoms with Gasteiger partial charge in [0, 0.05) is 29.7 Å². The molecule has 1 amide bonds. The summed E-state index contributed by atoms with van der Waals surface area (Å²) < 4.78 is 22.1. The Morgan fingerprint density at radius 2 is 1.93 bits per heavy atom. The van der Waals surface area contributed by atoms with Crippen LogP contribution < -0.4 is 24.3 Å². The Bertz CT molecular complexity index is 834. The molecule has 2 aromatic carbocycles. The quantitative estimate of drug-likeness (QED) is 0.808. The van der Waals surface area contributed by atoms with Crippen molar-refractivity contribution < 1.29 is 23.7 Å². The van der Waals surface area contributed by atoms with Crippen molar-refractivity contribution in [3.05, 3.63) is 47.0 Å². The van der Waals surface area contributed by atoms with E-state index in [9.17, 15) is 4.79 Å². The lowest BCUT2D eigenvalue weighted by Gasteiger charge is -2.14. The zero-order valence-corrected chi connectivity index (χ0v) is 16.1. The largest absolute Gasteiger partial charge is 0.494 e. The molecule has 0 radical (unpaired) electrons. The highest BCUT2D eigenvalue weighted by Crippen LogP contribution is 2.35. The van der Waals surface area contributed by atoms with Crippen LogP contribution in [0.25, 0.3) is 0 Å². The third-order valence-electron chi connectivity index (χ3n) is 4.46. The summed E-state index contributed by atoms with van der Waals surface area (Å²) in [6.45, 7) is 4.89. The van der Waals surface area contributed by atoms with Crippen LogP contribution in [0.15, 0.2) is 30.3 Å². The van der Waals surface area contributed by atoms with E-state index in [0.717, 1.165) is 29.0 Å². The van der Waals surface area contributed by atoms with Gasteiger partial charge in [-0.05, 0) is 44.2 Å². The van der Waals surface area contributed by atoms with Crippen molar-refractivity contribution in [2.24, 2.45) is 0 Å². The topological polar surface area (TPSA) is 66.0 Å². The van der Waals surface area contributed by atoms with E-state index in [4.69, 9.17) is 18.9 Å². The number of nitrogens with one attached hydrogen (secondary N) is 1. The molecule has 0 spiro atoms.